The Morgan fingerprint density at radius 2 is 1.93 bits per heavy atom. The molecule has 6 heteroatoms. The zero-order valence-corrected chi connectivity index (χ0v) is 21.5. The summed E-state index contributed by atoms with van der Waals surface area (Å²) in [5.74, 6) is 4.42. The Hall–Kier alpha value is -1.17. The summed E-state index contributed by atoms with van der Waals surface area (Å²) in [6.07, 6.45) is 2.50. The Kier molecular flexibility index (Phi) is 8.56. The van der Waals surface area contributed by atoms with E-state index in [4.69, 9.17) is 9.97 Å². The first-order valence-corrected chi connectivity index (χ1v) is 11.3. The van der Waals surface area contributed by atoms with Crippen LogP contribution in [-0.2, 0) is 39.3 Å². The van der Waals surface area contributed by atoms with E-state index < -0.39 is 0 Å². The van der Waals surface area contributed by atoms with Crippen molar-refractivity contribution in [2.45, 2.75) is 38.1 Å². The average molecular weight is 493 g/mol. The number of benzene rings is 2. The maximum Gasteiger partial charge on any atom is 0.228 e. The quantitative estimate of drug-likeness (QED) is 0.475. The van der Waals surface area contributed by atoms with Gasteiger partial charge in [-0.1, -0.05) is 29.8 Å². The van der Waals surface area contributed by atoms with Crippen molar-refractivity contribution in [3.05, 3.63) is 66.4 Å². The second-order valence-corrected chi connectivity index (χ2v) is 8.51. The maximum atomic E-state index is 4.96. The van der Waals surface area contributed by atoms with E-state index in [2.05, 4.69) is 66.5 Å². The van der Waals surface area contributed by atoms with Gasteiger partial charge in [0, 0.05) is 61.8 Å². The molecular weight excluding hydrogens is 465 g/mol. The summed E-state index contributed by atoms with van der Waals surface area (Å²) in [7, 11) is 0. The van der Waals surface area contributed by atoms with Crippen LogP contribution in [0.1, 0.15) is 30.9 Å². The van der Waals surface area contributed by atoms with E-state index in [-0.39, 0.29) is 32.7 Å². The Labute approximate surface area is 209 Å². The number of rotatable bonds is 4. The van der Waals surface area contributed by atoms with Gasteiger partial charge in [0.1, 0.15) is 5.82 Å². The number of fused-ring (bicyclic) bond motifs is 2. The van der Waals surface area contributed by atoms with Crippen LogP contribution in [0.25, 0.3) is 10.9 Å². The number of nitrogens with one attached hydrogen (secondary N) is 1. The third kappa shape index (κ3) is 5.54. The van der Waals surface area contributed by atoms with Gasteiger partial charge in [-0.3, -0.25) is 5.92 Å². The van der Waals surface area contributed by atoms with Crippen molar-refractivity contribution in [3.8, 4) is 0 Å². The van der Waals surface area contributed by atoms with Crippen molar-refractivity contribution in [1.29, 1.82) is 0 Å². The van der Waals surface area contributed by atoms with Crippen molar-refractivity contribution < 1.29 is 32.7 Å². The fourth-order valence-electron chi connectivity index (χ4n) is 3.48. The molecule has 2 aliphatic rings. The smallest absolute Gasteiger partial charge is 0.228 e. The fourth-order valence-corrected chi connectivity index (χ4v) is 4.50. The molecule has 0 spiro atoms. The molecule has 0 amide bonds. The van der Waals surface area contributed by atoms with Crippen molar-refractivity contribution in [3.63, 3.8) is 0 Å². The molecule has 0 saturated heterocycles. The standard InChI is InChI=1S/C22H23N4S.C2H5.Y/c1-15-6-9-19-18(12-15)21(23-13-16-7-8-16)25-22(24-19)26-10-11-27-20-5-3-2-4-17(20)14-26;1-2;/h2-6,9,12H,7-8,10-11,13-14H2,1H3,(H,23,24,25);1H2,2H3;/q2*-1;. The predicted octanol–water partition coefficient (Wildman–Crippen LogP) is 5.67. The second-order valence-electron chi connectivity index (χ2n) is 7.37. The molecule has 155 valence electrons. The van der Waals surface area contributed by atoms with Gasteiger partial charge >= 0.3 is 0 Å². The normalized spacial score (nSPS) is 15.4. The molecule has 1 aliphatic heterocycles. The van der Waals surface area contributed by atoms with Gasteiger partial charge in [-0.25, -0.2) is 17.8 Å². The van der Waals surface area contributed by atoms with Crippen LogP contribution in [0, 0.1) is 19.8 Å². The van der Waals surface area contributed by atoms with Crippen LogP contribution in [-0.4, -0.2) is 28.8 Å². The SMILES string of the molecule is Cc1ccc2nc(N3CCSc4ccccc4C3)nc(NC[C-]3CC3)c2c1.[CH2-]C.[Y]. The van der Waals surface area contributed by atoms with Crippen LogP contribution in [0.5, 0.6) is 0 Å². The Morgan fingerprint density at radius 3 is 2.73 bits per heavy atom. The van der Waals surface area contributed by atoms with Gasteiger partial charge in [0.15, 0.2) is 0 Å². The predicted molar refractivity (Wildman–Crippen MR) is 124 cm³/mol. The molecule has 1 N–H and O–H groups in total. The van der Waals surface area contributed by atoms with Crippen molar-refractivity contribution >= 4 is 34.4 Å². The summed E-state index contributed by atoms with van der Waals surface area (Å²) in [4.78, 5) is 13.6. The minimum absolute atomic E-state index is 0. The first kappa shape index (κ1) is 23.5. The molecule has 1 fully saturated rings. The molecule has 30 heavy (non-hydrogen) atoms. The summed E-state index contributed by atoms with van der Waals surface area (Å²) in [6.45, 7) is 9.86. The summed E-state index contributed by atoms with van der Waals surface area (Å²) in [6, 6.07) is 15.1. The van der Waals surface area contributed by atoms with Gasteiger partial charge in [0.05, 0.1) is 5.52 Å². The summed E-state index contributed by atoms with van der Waals surface area (Å²) < 4.78 is 0. The van der Waals surface area contributed by atoms with E-state index in [1.54, 1.807) is 12.8 Å². The number of aromatic nitrogens is 2. The Balaban J connectivity index is 0.000000830. The van der Waals surface area contributed by atoms with Crippen LogP contribution in [0.2, 0.25) is 0 Å². The second kappa shape index (κ2) is 10.9. The molecule has 1 aromatic heterocycles. The molecule has 1 radical (unpaired) electrons. The minimum Gasteiger partial charge on any atom is -0.399 e. The zero-order chi connectivity index (χ0) is 20.2. The Bertz CT molecular complexity index is 990. The van der Waals surface area contributed by atoms with Gasteiger partial charge in [-0.2, -0.15) is 11.9 Å². The molecule has 3 aromatic rings. The largest absolute Gasteiger partial charge is 0.399 e. The molecule has 2 aromatic carbocycles. The van der Waals surface area contributed by atoms with Crippen LogP contribution in [0.3, 0.4) is 0 Å². The fraction of sp³-hybridized carbons (Fsp3) is 0.333. The summed E-state index contributed by atoms with van der Waals surface area (Å²) in [5.41, 5.74) is 3.61. The number of anilines is 2. The summed E-state index contributed by atoms with van der Waals surface area (Å²) in [5, 5.41) is 4.69. The van der Waals surface area contributed by atoms with E-state index in [1.165, 1.54) is 28.9 Å². The van der Waals surface area contributed by atoms with Crippen LogP contribution in [0.15, 0.2) is 47.4 Å². The molecule has 0 atom stereocenters. The minimum atomic E-state index is 0. The molecule has 5 rings (SSSR count). The topological polar surface area (TPSA) is 41.1 Å². The van der Waals surface area contributed by atoms with Gasteiger partial charge in [0.2, 0.25) is 5.95 Å². The van der Waals surface area contributed by atoms with Crippen molar-refractivity contribution in [2.24, 2.45) is 0 Å². The van der Waals surface area contributed by atoms with Gasteiger partial charge in [-0.05, 0) is 30.7 Å². The summed E-state index contributed by atoms with van der Waals surface area (Å²) >= 11 is 1.92. The molecule has 0 bridgehead atoms. The van der Waals surface area contributed by atoms with Crippen LogP contribution < -0.4 is 10.2 Å². The number of aryl methyl sites for hydroxylation is 1. The third-order valence-electron chi connectivity index (χ3n) is 5.18. The van der Waals surface area contributed by atoms with E-state index in [1.807, 2.05) is 11.8 Å². The molecule has 1 saturated carbocycles. The van der Waals surface area contributed by atoms with Gasteiger partial charge in [-0.15, -0.1) is 18.3 Å². The Morgan fingerprint density at radius 1 is 1.13 bits per heavy atom. The van der Waals surface area contributed by atoms with Crippen molar-refractivity contribution in [1.82, 2.24) is 9.97 Å². The van der Waals surface area contributed by atoms with Crippen LogP contribution in [0.4, 0.5) is 11.8 Å². The number of hydrogen-bond acceptors (Lipinski definition) is 5. The van der Waals surface area contributed by atoms with Gasteiger partial charge in [0.25, 0.3) is 0 Å². The first-order chi connectivity index (χ1) is 14.3. The average Bonchev–Trinajstić information content (AvgIpc) is 3.59. The first-order valence-electron chi connectivity index (χ1n) is 10.3. The monoisotopic (exact) mass is 493 g/mol. The molecule has 0 unspecified atom stereocenters. The van der Waals surface area contributed by atoms with Crippen LogP contribution >= 0.6 is 11.8 Å². The molecule has 2 heterocycles. The van der Waals surface area contributed by atoms with E-state index in [0.717, 1.165) is 48.1 Å². The number of thioether (sulfide) groups is 1. The van der Waals surface area contributed by atoms with Gasteiger partial charge < -0.3 is 17.1 Å². The van der Waals surface area contributed by atoms with E-state index >= 15 is 0 Å². The molecule has 1 aliphatic carbocycles. The zero-order valence-electron chi connectivity index (χ0n) is 17.8. The maximum absolute atomic E-state index is 4.96. The number of nitrogens with zero attached hydrogens (tertiary/aromatic N) is 3. The number of hydrogen-bond donors (Lipinski definition) is 1. The van der Waals surface area contributed by atoms with E-state index in [9.17, 15) is 0 Å². The molecular formula is C24H28N4SY-2. The molecule has 4 nitrogen and oxygen atoms in total. The van der Waals surface area contributed by atoms with E-state index in [0.29, 0.717) is 0 Å². The third-order valence-corrected chi connectivity index (χ3v) is 6.28. The van der Waals surface area contributed by atoms with Crippen molar-refractivity contribution in [2.75, 3.05) is 29.1 Å².